The SMILES string of the molecule is O=C(O)c1ccc(-c2c([C@@H]3C[C@@H]3c3ccc4ccccc4n3)nc3c(N4CCOCC4)cc(Cl)nn23)cc1F. The Morgan fingerprint density at radius 2 is 1.85 bits per heavy atom. The van der Waals surface area contributed by atoms with Crippen molar-refractivity contribution < 1.29 is 19.0 Å². The number of fused-ring (bicyclic) bond motifs is 2. The van der Waals surface area contributed by atoms with Gasteiger partial charge in [0, 0.05) is 47.6 Å². The van der Waals surface area contributed by atoms with Gasteiger partial charge in [0.2, 0.25) is 0 Å². The number of nitrogens with zero attached hydrogens (tertiary/aromatic N) is 5. The number of pyridine rings is 1. The number of hydrogen-bond donors (Lipinski definition) is 1. The summed E-state index contributed by atoms with van der Waals surface area (Å²) >= 11 is 6.51. The van der Waals surface area contributed by atoms with Crippen molar-refractivity contribution in [2.24, 2.45) is 0 Å². The van der Waals surface area contributed by atoms with E-state index in [4.69, 9.17) is 26.3 Å². The molecule has 1 N–H and O–H groups in total. The first-order valence-electron chi connectivity index (χ1n) is 12.8. The van der Waals surface area contributed by atoms with Gasteiger partial charge in [0.1, 0.15) is 5.82 Å². The number of aromatic nitrogens is 4. The zero-order valence-corrected chi connectivity index (χ0v) is 21.5. The Labute approximate surface area is 227 Å². The highest BCUT2D eigenvalue weighted by molar-refractivity contribution is 6.29. The Balaban J connectivity index is 1.39. The number of imidazole rings is 1. The van der Waals surface area contributed by atoms with Gasteiger partial charge in [-0.05, 0) is 30.7 Å². The molecular formula is C29H23ClFN5O3. The van der Waals surface area contributed by atoms with Crippen molar-refractivity contribution in [3.05, 3.63) is 88.6 Å². The molecule has 1 saturated carbocycles. The van der Waals surface area contributed by atoms with Crippen molar-refractivity contribution in [1.29, 1.82) is 0 Å². The second kappa shape index (κ2) is 9.29. The number of morpholine rings is 1. The van der Waals surface area contributed by atoms with Crippen LogP contribution >= 0.6 is 11.6 Å². The fourth-order valence-electron chi connectivity index (χ4n) is 5.51. The summed E-state index contributed by atoms with van der Waals surface area (Å²) in [5.74, 6) is -1.96. The van der Waals surface area contributed by atoms with Crippen LogP contribution in [0.4, 0.5) is 10.1 Å². The van der Waals surface area contributed by atoms with Crippen molar-refractivity contribution in [3.8, 4) is 11.3 Å². The maximum absolute atomic E-state index is 14.9. The Kier molecular flexibility index (Phi) is 5.71. The Bertz CT molecular complexity index is 1770. The molecule has 2 atom stereocenters. The molecule has 1 aliphatic carbocycles. The van der Waals surface area contributed by atoms with E-state index in [-0.39, 0.29) is 17.0 Å². The molecule has 8 nitrogen and oxygen atoms in total. The largest absolute Gasteiger partial charge is 0.478 e. The molecule has 0 bridgehead atoms. The molecule has 0 amide bonds. The van der Waals surface area contributed by atoms with E-state index in [1.807, 2.05) is 24.3 Å². The molecule has 5 aromatic rings. The molecule has 10 heteroatoms. The normalized spacial score (nSPS) is 19.1. The van der Waals surface area contributed by atoms with Gasteiger partial charge in [-0.3, -0.25) is 4.98 Å². The molecule has 2 aliphatic rings. The number of rotatable bonds is 5. The van der Waals surface area contributed by atoms with E-state index in [1.54, 1.807) is 16.6 Å². The third kappa shape index (κ3) is 4.18. The molecule has 2 fully saturated rings. The molecule has 3 aromatic heterocycles. The number of carboxylic acid groups (broad SMARTS) is 1. The van der Waals surface area contributed by atoms with Crippen LogP contribution in [0.2, 0.25) is 5.15 Å². The summed E-state index contributed by atoms with van der Waals surface area (Å²) in [5.41, 5.74) is 4.82. The van der Waals surface area contributed by atoms with Crippen LogP contribution in [-0.4, -0.2) is 57.0 Å². The maximum atomic E-state index is 14.9. The predicted octanol–water partition coefficient (Wildman–Crippen LogP) is 5.54. The number of halogens is 2. The zero-order chi connectivity index (χ0) is 26.7. The highest BCUT2D eigenvalue weighted by Gasteiger charge is 2.45. The first-order valence-corrected chi connectivity index (χ1v) is 13.2. The number of carboxylic acids is 1. The van der Waals surface area contributed by atoms with Crippen LogP contribution in [0.15, 0.2) is 60.7 Å². The first kappa shape index (κ1) is 24.0. The molecule has 196 valence electrons. The number of benzene rings is 2. The van der Waals surface area contributed by atoms with Gasteiger partial charge >= 0.3 is 5.97 Å². The molecule has 0 radical (unpaired) electrons. The summed E-state index contributed by atoms with van der Waals surface area (Å²) in [6.45, 7) is 2.55. The smallest absolute Gasteiger partial charge is 0.338 e. The lowest BCUT2D eigenvalue weighted by Gasteiger charge is -2.28. The van der Waals surface area contributed by atoms with Gasteiger partial charge in [-0.25, -0.2) is 18.7 Å². The third-order valence-electron chi connectivity index (χ3n) is 7.53. The van der Waals surface area contributed by atoms with E-state index in [1.165, 1.54) is 12.1 Å². The summed E-state index contributed by atoms with van der Waals surface area (Å²) in [6.07, 6.45) is 0.832. The lowest BCUT2D eigenvalue weighted by atomic mass is 10.0. The predicted molar refractivity (Wildman–Crippen MR) is 145 cm³/mol. The van der Waals surface area contributed by atoms with Crippen LogP contribution in [0.1, 0.15) is 40.0 Å². The van der Waals surface area contributed by atoms with Gasteiger partial charge < -0.3 is 14.7 Å². The fourth-order valence-corrected chi connectivity index (χ4v) is 5.69. The van der Waals surface area contributed by atoms with Crippen LogP contribution in [0.5, 0.6) is 0 Å². The minimum atomic E-state index is -1.32. The molecule has 1 saturated heterocycles. The summed E-state index contributed by atoms with van der Waals surface area (Å²) in [7, 11) is 0. The minimum absolute atomic E-state index is 0.0360. The second-order valence-electron chi connectivity index (χ2n) is 9.91. The van der Waals surface area contributed by atoms with Crippen molar-refractivity contribution >= 4 is 39.8 Å². The molecular weight excluding hydrogens is 521 g/mol. The third-order valence-corrected chi connectivity index (χ3v) is 7.71. The van der Waals surface area contributed by atoms with Gasteiger partial charge in [-0.2, -0.15) is 5.10 Å². The van der Waals surface area contributed by atoms with E-state index in [0.29, 0.717) is 43.2 Å². The van der Waals surface area contributed by atoms with Crippen molar-refractivity contribution in [2.45, 2.75) is 18.3 Å². The summed E-state index contributed by atoms with van der Waals surface area (Å²) in [5, 5.41) is 15.3. The van der Waals surface area contributed by atoms with Crippen LogP contribution in [0.3, 0.4) is 0 Å². The van der Waals surface area contributed by atoms with Crippen molar-refractivity contribution in [2.75, 3.05) is 31.2 Å². The van der Waals surface area contributed by atoms with Crippen LogP contribution in [0, 0.1) is 5.82 Å². The second-order valence-corrected chi connectivity index (χ2v) is 10.3. The number of hydrogen-bond acceptors (Lipinski definition) is 6. The number of para-hydroxylation sites is 1. The van der Waals surface area contributed by atoms with Gasteiger partial charge in [0.25, 0.3) is 0 Å². The molecule has 7 rings (SSSR count). The Hall–Kier alpha value is -4.08. The minimum Gasteiger partial charge on any atom is -0.478 e. The number of aromatic carboxylic acids is 1. The van der Waals surface area contributed by atoms with Crippen LogP contribution in [-0.2, 0) is 4.74 Å². The average Bonchev–Trinajstić information content (AvgIpc) is 3.66. The van der Waals surface area contributed by atoms with Crippen molar-refractivity contribution in [3.63, 3.8) is 0 Å². The topological polar surface area (TPSA) is 92.8 Å². The molecule has 0 spiro atoms. The summed E-state index contributed by atoms with van der Waals surface area (Å²) in [6, 6.07) is 18.0. The standard InChI is InChI=1S/C29H23ClFN5O3/c30-25-15-24(35-9-11-39-12-10-35)28-33-26(20-14-19(20)23-8-6-16-3-1-2-4-22(16)32-23)27(36(28)34-25)17-5-7-18(29(37)38)21(31)13-17/h1-8,13,15,19-20H,9-12,14H2,(H,37,38)/t19-,20+/m0/s1. The number of anilines is 1. The quantitative estimate of drug-likeness (QED) is 0.311. The van der Waals surface area contributed by atoms with Gasteiger partial charge in [0.15, 0.2) is 10.8 Å². The van der Waals surface area contributed by atoms with Crippen molar-refractivity contribution in [1.82, 2.24) is 19.6 Å². The highest BCUT2D eigenvalue weighted by atomic mass is 35.5. The highest BCUT2D eigenvalue weighted by Crippen LogP contribution is 2.56. The maximum Gasteiger partial charge on any atom is 0.338 e. The molecule has 1 aliphatic heterocycles. The number of carbonyl (C=O) groups is 1. The lowest BCUT2D eigenvalue weighted by molar-refractivity contribution is 0.0692. The average molecular weight is 544 g/mol. The van der Waals surface area contributed by atoms with Gasteiger partial charge in [-0.1, -0.05) is 41.9 Å². The first-order chi connectivity index (χ1) is 19.0. The monoisotopic (exact) mass is 543 g/mol. The Morgan fingerprint density at radius 3 is 2.64 bits per heavy atom. The molecule has 4 heterocycles. The molecule has 0 unspecified atom stereocenters. The summed E-state index contributed by atoms with van der Waals surface area (Å²) in [4.78, 5) is 23.6. The Morgan fingerprint density at radius 1 is 1.03 bits per heavy atom. The van der Waals surface area contributed by atoms with E-state index in [9.17, 15) is 14.3 Å². The molecule has 2 aromatic carbocycles. The number of ether oxygens (including phenoxy) is 1. The van der Waals surface area contributed by atoms with E-state index in [0.717, 1.165) is 34.4 Å². The van der Waals surface area contributed by atoms with E-state index in [2.05, 4.69) is 22.1 Å². The summed E-state index contributed by atoms with van der Waals surface area (Å²) < 4.78 is 22.1. The van der Waals surface area contributed by atoms with E-state index < -0.39 is 17.3 Å². The fraction of sp³-hybridized carbons (Fsp3) is 0.241. The molecule has 39 heavy (non-hydrogen) atoms. The van der Waals surface area contributed by atoms with Crippen LogP contribution in [0.25, 0.3) is 27.8 Å². The van der Waals surface area contributed by atoms with Gasteiger partial charge in [-0.15, -0.1) is 0 Å². The van der Waals surface area contributed by atoms with E-state index >= 15 is 0 Å². The lowest BCUT2D eigenvalue weighted by Crippen LogP contribution is -2.36. The van der Waals surface area contributed by atoms with Crippen LogP contribution < -0.4 is 4.90 Å². The van der Waals surface area contributed by atoms with Gasteiger partial charge in [0.05, 0.1) is 41.4 Å². The zero-order valence-electron chi connectivity index (χ0n) is 20.7.